The molecule has 4 heteroatoms. The summed E-state index contributed by atoms with van der Waals surface area (Å²) in [6.45, 7) is 3.79. The smallest absolute Gasteiger partial charge is 0.336 e. The number of fused-ring (bicyclic) bond motifs is 1. The van der Waals surface area contributed by atoms with Crippen molar-refractivity contribution in [3.8, 4) is 5.75 Å². The molecule has 2 aromatic carbocycles. The Morgan fingerprint density at radius 1 is 1.25 bits per heavy atom. The Morgan fingerprint density at radius 3 is 2.45 bits per heavy atom. The van der Waals surface area contributed by atoms with Gasteiger partial charge >= 0.3 is 5.97 Å². The molecule has 0 saturated carbocycles. The van der Waals surface area contributed by atoms with Crippen LogP contribution in [0.15, 0.2) is 24.3 Å². The molecule has 0 aliphatic heterocycles. The van der Waals surface area contributed by atoms with Crippen LogP contribution in [0.4, 0.5) is 0 Å². The minimum atomic E-state index is -1.04. The van der Waals surface area contributed by atoms with Crippen LogP contribution in [-0.2, 0) is 6.61 Å². The molecule has 0 saturated heterocycles. The topological polar surface area (TPSA) is 66.8 Å². The van der Waals surface area contributed by atoms with E-state index in [1.165, 1.54) is 0 Å². The molecule has 0 bridgehead atoms. The van der Waals surface area contributed by atoms with Gasteiger partial charge in [0.25, 0.3) is 0 Å². The van der Waals surface area contributed by atoms with E-state index in [4.69, 9.17) is 4.74 Å². The van der Waals surface area contributed by atoms with Crippen LogP contribution in [0, 0.1) is 0 Å². The molecule has 0 amide bonds. The maximum atomic E-state index is 11.5. The highest BCUT2D eigenvalue weighted by Gasteiger charge is 2.18. The molecule has 2 N–H and O–H groups in total. The quantitative estimate of drug-likeness (QED) is 0.898. The number of carboxylic acid groups (broad SMARTS) is 1. The molecule has 106 valence electrons. The molecule has 0 spiro atoms. The van der Waals surface area contributed by atoms with Gasteiger partial charge in [0.2, 0.25) is 0 Å². The van der Waals surface area contributed by atoms with E-state index in [2.05, 4.69) is 0 Å². The van der Waals surface area contributed by atoms with Crippen molar-refractivity contribution in [2.24, 2.45) is 0 Å². The zero-order valence-corrected chi connectivity index (χ0v) is 11.8. The van der Waals surface area contributed by atoms with Gasteiger partial charge in [-0.05, 0) is 34.6 Å². The van der Waals surface area contributed by atoms with Crippen LogP contribution < -0.4 is 4.74 Å². The Bertz CT molecular complexity index is 659. The number of ether oxygens (including phenoxy) is 1. The second-order valence-electron chi connectivity index (χ2n) is 5.03. The first kappa shape index (κ1) is 14.3. The Labute approximate surface area is 117 Å². The average molecular weight is 274 g/mol. The number of hydrogen-bond acceptors (Lipinski definition) is 3. The normalized spacial score (nSPS) is 11.1. The minimum Gasteiger partial charge on any atom is -0.497 e. The zero-order valence-electron chi connectivity index (χ0n) is 11.8. The van der Waals surface area contributed by atoms with Crippen molar-refractivity contribution in [1.29, 1.82) is 0 Å². The second kappa shape index (κ2) is 5.51. The number of rotatable bonds is 4. The highest BCUT2D eigenvalue weighted by Crippen LogP contribution is 2.33. The van der Waals surface area contributed by atoms with Gasteiger partial charge in [0, 0.05) is 5.39 Å². The molecular weight excluding hydrogens is 256 g/mol. The van der Waals surface area contributed by atoms with Crippen molar-refractivity contribution in [3.05, 3.63) is 41.0 Å². The van der Waals surface area contributed by atoms with Crippen molar-refractivity contribution in [2.75, 3.05) is 7.11 Å². The molecule has 0 aliphatic rings. The second-order valence-corrected chi connectivity index (χ2v) is 5.03. The van der Waals surface area contributed by atoms with Gasteiger partial charge in [0.15, 0.2) is 0 Å². The molecule has 2 rings (SSSR count). The predicted octanol–water partition coefficient (Wildman–Crippen LogP) is 3.16. The fourth-order valence-electron chi connectivity index (χ4n) is 2.47. The molecule has 0 heterocycles. The molecule has 4 nitrogen and oxygen atoms in total. The van der Waals surface area contributed by atoms with Gasteiger partial charge in [0.1, 0.15) is 5.75 Å². The summed E-state index contributed by atoms with van der Waals surface area (Å²) in [5.41, 5.74) is 1.60. The number of hydrogen-bond donors (Lipinski definition) is 2. The van der Waals surface area contributed by atoms with Crippen LogP contribution in [0.3, 0.4) is 0 Å². The number of carbonyl (C=O) groups is 1. The lowest BCUT2D eigenvalue weighted by Gasteiger charge is -2.16. The summed E-state index contributed by atoms with van der Waals surface area (Å²) in [5.74, 6) is -0.202. The largest absolute Gasteiger partial charge is 0.497 e. The molecule has 0 aliphatic carbocycles. The van der Waals surface area contributed by atoms with Crippen LogP contribution in [-0.4, -0.2) is 23.3 Å². The van der Waals surface area contributed by atoms with Gasteiger partial charge in [0.05, 0.1) is 19.3 Å². The standard InChI is InChI=1S/C16H18O4/c1-9(2)13-6-10(8-17)15(16(18)19)14-7-11(20-3)4-5-12(13)14/h4-7,9,17H,8H2,1-3H3,(H,18,19). The van der Waals surface area contributed by atoms with E-state index in [0.29, 0.717) is 16.7 Å². The summed E-state index contributed by atoms with van der Waals surface area (Å²) in [6, 6.07) is 7.18. The molecular formula is C16H18O4. The number of carboxylic acids is 1. The summed E-state index contributed by atoms with van der Waals surface area (Å²) in [5, 5.41) is 20.4. The van der Waals surface area contributed by atoms with E-state index < -0.39 is 5.97 Å². The lowest BCUT2D eigenvalue weighted by atomic mass is 9.89. The first-order valence-electron chi connectivity index (χ1n) is 6.47. The molecule has 0 unspecified atom stereocenters. The van der Waals surface area contributed by atoms with E-state index in [-0.39, 0.29) is 18.1 Å². The minimum absolute atomic E-state index is 0.144. The highest BCUT2D eigenvalue weighted by atomic mass is 16.5. The Balaban J connectivity index is 2.92. The summed E-state index contributed by atoms with van der Waals surface area (Å²) >= 11 is 0. The van der Waals surface area contributed by atoms with E-state index >= 15 is 0 Å². The third kappa shape index (κ3) is 2.34. The maximum absolute atomic E-state index is 11.5. The molecule has 20 heavy (non-hydrogen) atoms. The van der Waals surface area contributed by atoms with Crippen molar-refractivity contribution < 1.29 is 19.7 Å². The zero-order chi connectivity index (χ0) is 14.9. The number of benzene rings is 2. The third-order valence-electron chi connectivity index (χ3n) is 3.46. The fourth-order valence-corrected chi connectivity index (χ4v) is 2.47. The SMILES string of the molecule is COc1ccc2c(C(C)C)cc(CO)c(C(=O)O)c2c1. The van der Waals surface area contributed by atoms with Gasteiger partial charge in [-0.15, -0.1) is 0 Å². The monoisotopic (exact) mass is 274 g/mol. The van der Waals surface area contributed by atoms with E-state index in [1.807, 2.05) is 26.0 Å². The highest BCUT2D eigenvalue weighted by molar-refractivity contribution is 6.06. The molecule has 0 fully saturated rings. The summed E-state index contributed by atoms with van der Waals surface area (Å²) in [7, 11) is 1.54. The molecule has 2 aromatic rings. The van der Waals surface area contributed by atoms with Crippen molar-refractivity contribution >= 4 is 16.7 Å². The van der Waals surface area contributed by atoms with Crippen LogP contribution in [0.2, 0.25) is 0 Å². The van der Waals surface area contributed by atoms with Crippen molar-refractivity contribution in [3.63, 3.8) is 0 Å². The summed E-state index contributed by atoms with van der Waals surface area (Å²) in [6.07, 6.45) is 0. The third-order valence-corrected chi connectivity index (χ3v) is 3.46. The first-order chi connectivity index (χ1) is 9.49. The van der Waals surface area contributed by atoms with Crippen LogP contribution in [0.25, 0.3) is 10.8 Å². The van der Waals surface area contributed by atoms with E-state index in [9.17, 15) is 15.0 Å². The number of aliphatic hydroxyl groups is 1. The van der Waals surface area contributed by atoms with E-state index in [1.54, 1.807) is 19.2 Å². The Hall–Kier alpha value is -2.07. The van der Waals surface area contributed by atoms with E-state index in [0.717, 1.165) is 10.9 Å². The Morgan fingerprint density at radius 2 is 1.95 bits per heavy atom. The first-order valence-corrected chi connectivity index (χ1v) is 6.47. The molecule has 0 atom stereocenters. The fraction of sp³-hybridized carbons (Fsp3) is 0.312. The van der Waals surface area contributed by atoms with Crippen molar-refractivity contribution in [2.45, 2.75) is 26.4 Å². The maximum Gasteiger partial charge on any atom is 0.336 e. The summed E-state index contributed by atoms with van der Waals surface area (Å²) < 4.78 is 5.18. The van der Waals surface area contributed by atoms with Gasteiger partial charge in [-0.1, -0.05) is 26.0 Å². The van der Waals surface area contributed by atoms with Crippen molar-refractivity contribution in [1.82, 2.24) is 0 Å². The van der Waals surface area contributed by atoms with Crippen LogP contribution >= 0.6 is 0 Å². The lowest BCUT2D eigenvalue weighted by molar-refractivity contribution is 0.0695. The van der Waals surface area contributed by atoms with Gasteiger partial charge in [-0.25, -0.2) is 4.79 Å². The Kier molecular flexibility index (Phi) is 3.95. The summed E-state index contributed by atoms with van der Waals surface area (Å²) in [4.78, 5) is 11.5. The lowest BCUT2D eigenvalue weighted by Crippen LogP contribution is -2.06. The number of aromatic carboxylic acids is 1. The predicted molar refractivity (Wildman–Crippen MR) is 77.5 cm³/mol. The van der Waals surface area contributed by atoms with Gasteiger partial charge in [-0.3, -0.25) is 0 Å². The number of methoxy groups -OCH3 is 1. The average Bonchev–Trinajstić information content (AvgIpc) is 2.43. The van der Waals surface area contributed by atoms with Crippen LogP contribution in [0.1, 0.15) is 41.3 Å². The molecule has 0 aromatic heterocycles. The van der Waals surface area contributed by atoms with Crippen LogP contribution in [0.5, 0.6) is 5.75 Å². The van der Waals surface area contributed by atoms with Gasteiger partial charge in [-0.2, -0.15) is 0 Å². The van der Waals surface area contributed by atoms with Gasteiger partial charge < -0.3 is 14.9 Å². The molecule has 0 radical (unpaired) electrons. The number of aliphatic hydroxyl groups excluding tert-OH is 1.